The van der Waals surface area contributed by atoms with E-state index in [-0.39, 0.29) is 91.2 Å². The van der Waals surface area contributed by atoms with Crippen LogP contribution in [0.3, 0.4) is 0 Å². The summed E-state index contributed by atoms with van der Waals surface area (Å²) in [6.45, 7) is 19.3. The molecule has 548 valence electrons. The predicted molar refractivity (Wildman–Crippen MR) is 401 cm³/mol. The highest BCUT2D eigenvalue weighted by Gasteiger charge is 2.72. The number of benzene rings is 4. The molecule has 4 aromatic carbocycles. The highest BCUT2D eigenvalue weighted by Crippen LogP contribution is 2.70. The van der Waals surface area contributed by atoms with E-state index < -0.39 is 45.9 Å². The van der Waals surface area contributed by atoms with Gasteiger partial charge in [0.1, 0.15) is 11.4 Å². The van der Waals surface area contributed by atoms with Crippen LogP contribution >= 0.6 is 24.8 Å². The standard InChI is InChI=1S/C22H31NO3.C21H27N3O2.C20H29FO3.C19H25NO2.2ClH/c1-3-23(4-2)17-11-12-18-26-21(24)22(25,19-13-7-5-8-14-19)20-15-9-6-10-16-20;1-4-15(12-25)22-21(26)14-8-17-16-6-5-7-18-20(16)13(10-23(18)2)9-19(17)24(3)11-14;1-17-8-6-13(22)10-12(17)4-5-15-14-7-9-19(3,24)18(14,2)11-16(23)20(15,17)21;1-14(8-9-16-6-4-3-5-7-16)20-15(2)19(22)17-10-12-18(21)13-11-17;;/h5,7-8,13-14,20,25H,3-4,6,9-10,15-18H2,1-2H3;5-8,10,14-15,19,25H,4,9,11-12H2,1-3H3,(H,22,26);10,14-16,23-24H,4-9,11H2,1-3H3;3-7,10-15,19-22H,8-9H2,1-2H3;2*1H/t;14-,15+,19-;14-,15-,16-,17-,18-,19-,20-;;;/m.10.../s1. The number of halogens is 3. The number of phenolic OH excluding ortho intramolecular Hbond substituents is 1. The molecular formula is C82H114Cl2FN5O10. The summed E-state index contributed by atoms with van der Waals surface area (Å²) in [7, 11) is 4.20. The van der Waals surface area contributed by atoms with E-state index in [4.69, 9.17) is 4.74 Å². The number of fused-ring (bicyclic) bond motifs is 7. The Labute approximate surface area is 606 Å². The number of hydrogen-bond donors (Lipinski definition) is 8. The second-order valence-corrected chi connectivity index (χ2v) is 29.9. The Hall–Kier alpha value is -5.94. The number of ketones is 1. The minimum absolute atomic E-state index is 0. The molecule has 0 radical (unpaired) electrons. The van der Waals surface area contributed by atoms with Crippen molar-refractivity contribution in [3.8, 4) is 17.6 Å². The van der Waals surface area contributed by atoms with Gasteiger partial charge in [-0.2, -0.15) is 0 Å². The van der Waals surface area contributed by atoms with Crippen molar-refractivity contribution >= 4 is 58.9 Å². The average molecular weight is 1420 g/mol. The van der Waals surface area contributed by atoms with E-state index in [0.29, 0.717) is 62.8 Å². The normalized spacial score (nSPS) is 27.6. The lowest BCUT2D eigenvalue weighted by Crippen LogP contribution is -2.68. The van der Waals surface area contributed by atoms with Gasteiger partial charge < -0.3 is 50.6 Å². The number of carbonyl (C=O) groups excluding carboxylic acids is 3. The minimum atomic E-state index is -1.69. The maximum absolute atomic E-state index is 16.6. The third-order valence-electron chi connectivity index (χ3n) is 23.9. The zero-order valence-electron chi connectivity index (χ0n) is 60.7. The Morgan fingerprint density at radius 1 is 0.850 bits per heavy atom. The monoisotopic (exact) mass is 1420 g/mol. The molecule has 1 aromatic heterocycles. The molecule has 4 unspecified atom stereocenters. The average Bonchev–Trinajstić information content (AvgIpc) is 1.27. The van der Waals surface area contributed by atoms with E-state index in [1.165, 1.54) is 33.2 Å². The van der Waals surface area contributed by atoms with Gasteiger partial charge in [-0.1, -0.05) is 162 Å². The number of phenols is 1. The van der Waals surface area contributed by atoms with Gasteiger partial charge in [-0.25, -0.2) is 9.18 Å². The zero-order valence-corrected chi connectivity index (χ0v) is 62.4. The summed E-state index contributed by atoms with van der Waals surface area (Å²) in [6.07, 6.45) is 17.1. The number of aromatic hydroxyl groups is 1. The van der Waals surface area contributed by atoms with Gasteiger partial charge in [0.25, 0.3) is 0 Å². The zero-order chi connectivity index (χ0) is 70.7. The summed E-state index contributed by atoms with van der Waals surface area (Å²) in [5, 5.41) is 70.0. The summed E-state index contributed by atoms with van der Waals surface area (Å²) in [6, 6.07) is 33.2. The van der Waals surface area contributed by atoms with E-state index in [1.54, 1.807) is 30.3 Å². The maximum Gasteiger partial charge on any atom is 0.344 e. The molecule has 4 fully saturated rings. The molecule has 100 heavy (non-hydrogen) atoms. The van der Waals surface area contributed by atoms with E-state index in [1.807, 2.05) is 71.0 Å². The summed E-state index contributed by atoms with van der Waals surface area (Å²) >= 11 is 0. The first kappa shape index (κ1) is 81.4. The fraction of sp³-hybridized carbons (Fsp3) is 0.573. The van der Waals surface area contributed by atoms with Crippen molar-refractivity contribution in [3.05, 3.63) is 155 Å². The van der Waals surface area contributed by atoms with E-state index in [2.05, 4.69) is 126 Å². The van der Waals surface area contributed by atoms with Gasteiger partial charge in [0.15, 0.2) is 18.0 Å². The number of nitrogens with one attached hydrogen (secondary N) is 2. The summed E-state index contributed by atoms with van der Waals surface area (Å²) < 4.78 is 24.2. The van der Waals surface area contributed by atoms with Crippen LogP contribution in [0.15, 0.2) is 127 Å². The first-order chi connectivity index (χ1) is 46.8. The topological polar surface area (TPSA) is 217 Å². The van der Waals surface area contributed by atoms with Gasteiger partial charge >= 0.3 is 5.97 Å². The molecule has 18 heteroatoms. The van der Waals surface area contributed by atoms with Crippen LogP contribution in [0.5, 0.6) is 5.75 Å². The Kier molecular flexibility index (Phi) is 28.9. The van der Waals surface area contributed by atoms with Gasteiger partial charge in [-0.05, 0) is 182 Å². The van der Waals surface area contributed by atoms with Gasteiger partial charge in [0, 0.05) is 77.9 Å². The third kappa shape index (κ3) is 17.5. The van der Waals surface area contributed by atoms with Crippen LogP contribution in [-0.4, -0.2) is 151 Å². The predicted octanol–water partition coefficient (Wildman–Crippen LogP) is 12.9. The molecule has 2 heterocycles. The number of allylic oxidation sites excluding steroid dienone is 1. The Morgan fingerprint density at radius 2 is 1.52 bits per heavy atom. The fourth-order valence-electron chi connectivity index (χ4n) is 17.5. The second-order valence-electron chi connectivity index (χ2n) is 29.9. The molecule has 12 rings (SSSR count). The molecule has 4 saturated carbocycles. The molecule has 6 aliphatic carbocycles. The number of carbonyl (C=O) groups is 3. The summed E-state index contributed by atoms with van der Waals surface area (Å²) in [5.74, 6) is 5.23. The van der Waals surface area contributed by atoms with Crippen molar-refractivity contribution in [2.75, 3.05) is 46.4 Å². The minimum Gasteiger partial charge on any atom is -0.508 e. The number of aromatic nitrogens is 1. The molecule has 0 saturated heterocycles. The number of alkyl halides is 1. The number of aliphatic hydroxyl groups excluding tert-OH is 3. The van der Waals surface area contributed by atoms with E-state index in [9.17, 15) is 45.0 Å². The fourth-order valence-corrected chi connectivity index (χ4v) is 17.5. The summed E-state index contributed by atoms with van der Waals surface area (Å²) in [4.78, 5) is 41.9. The van der Waals surface area contributed by atoms with Crippen molar-refractivity contribution in [1.29, 1.82) is 0 Å². The first-order valence-electron chi connectivity index (χ1n) is 36.4. The number of esters is 1. The number of nitrogens with zero attached hydrogens (tertiary/aromatic N) is 3. The van der Waals surface area contributed by atoms with Crippen LogP contribution in [0.4, 0.5) is 4.39 Å². The first-order valence-corrected chi connectivity index (χ1v) is 36.4. The van der Waals surface area contributed by atoms with E-state index in [0.717, 1.165) is 94.9 Å². The molecular weight excluding hydrogens is 1300 g/mol. The molecule has 1 aliphatic heterocycles. The highest BCUT2D eigenvalue weighted by molar-refractivity contribution is 6.00. The molecule has 15 nitrogen and oxygen atoms in total. The van der Waals surface area contributed by atoms with Gasteiger partial charge in [-0.3, -0.25) is 19.4 Å². The van der Waals surface area contributed by atoms with Crippen molar-refractivity contribution in [2.24, 2.45) is 41.5 Å². The quantitative estimate of drug-likeness (QED) is 0.0303. The number of rotatable bonds is 18. The van der Waals surface area contributed by atoms with Gasteiger partial charge in [0.2, 0.25) is 5.91 Å². The van der Waals surface area contributed by atoms with Crippen LogP contribution < -0.4 is 10.6 Å². The van der Waals surface area contributed by atoms with E-state index >= 15 is 4.39 Å². The lowest BCUT2D eigenvalue weighted by Gasteiger charge is -2.63. The Bertz CT molecular complexity index is 3620. The number of amides is 1. The second kappa shape index (κ2) is 35.5. The van der Waals surface area contributed by atoms with Gasteiger partial charge in [-0.15, -0.1) is 24.8 Å². The van der Waals surface area contributed by atoms with Gasteiger partial charge in [0.05, 0.1) is 42.9 Å². The van der Waals surface area contributed by atoms with Crippen LogP contribution in [0.25, 0.3) is 16.5 Å². The highest BCUT2D eigenvalue weighted by atomic mass is 35.5. The van der Waals surface area contributed by atoms with Crippen molar-refractivity contribution < 1.29 is 54.2 Å². The summed E-state index contributed by atoms with van der Waals surface area (Å²) in [5.41, 5.74) is 3.51. The molecule has 7 aliphatic rings. The molecule has 0 bridgehead atoms. The molecule has 8 N–H and O–H groups in total. The number of hydrogen-bond acceptors (Lipinski definition) is 13. The Balaban J connectivity index is 0.000000186. The Morgan fingerprint density at radius 3 is 2.17 bits per heavy atom. The van der Waals surface area contributed by atoms with Crippen molar-refractivity contribution in [1.82, 2.24) is 25.0 Å². The number of aliphatic hydroxyl groups is 5. The SMILES string of the molecule is CC(CCc1ccccc1)NC(C)C(O)c1ccc(O)cc1.CCN(CC)CC#CCOC(=O)C(O)(c1ccccc1)C1CCCCC1.CC[C@@H](CO)NC(=O)[C@@H]1C=C2c3cccc4c3c(cn4C)C[C@H]2N(C)C1.C[C@]1(O)CC[C@H]2[C@@H]3CCC4=CC(=O)CC[C@]4(C)[C@@]3(F)[C@@H](O)C[C@@]21C.Cl.Cl. The lowest BCUT2D eigenvalue weighted by atomic mass is 9.44. The molecule has 0 spiro atoms. The van der Waals surface area contributed by atoms with Crippen LogP contribution in [0, 0.1) is 46.3 Å². The maximum atomic E-state index is 16.6. The van der Waals surface area contributed by atoms with Crippen molar-refractivity contribution in [3.63, 3.8) is 0 Å². The van der Waals surface area contributed by atoms with Crippen LogP contribution in [0.1, 0.15) is 179 Å². The van der Waals surface area contributed by atoms with Crippen molar-refractivity contribution in [2.45, 2.75) is 211 Å². The smallest absolute Gasteiger partial charge is 0.344 e. The number of aryl methyl sites for hydroxylation is 2. The van der Waals surface area contributed by atoms with Crippen LogP contribution in [-0.2, 0) is 44.6 Å². The lowest BCUT2D eigenvalue weighted by molar-refractivity contribution is -0.225. The number of likely N-dealkylation sites (N-methyl/N-ethyl adjacent to an activating group) is 1. The molecule has 1 amide bonds. The third-order valence-corrected chi connectivity index (χ3v) is 23.9. The van der Waals surface area contributed by atoms with Crippen LogP contribution in [0.2, 0.25) is 0 Å². The number of ether oxygens (including phenoxy) is 1. The largest absolute Gasteiger partial charge is 0.508 e. The molecule has 5 aromatic rings. The molecule has 14 atom stereocenters.